The van der Waals surface area contributed by atoms with Crippen molar-refractivity contribution >= 4 is 29.0 Å². The Bertz CT molecular complexity index is 1150. The quantitative estimate of drug-likeness (QED) is 0.456. The highest BCUT2D eigenvalue weighted by Crippen LogP contribution is 2.30. The number of aryl methyl sites for hydroxylation is 1. The van der Waals surface area contributed by atoms with Gasteiger partial charge in [-0.2, -0.15) is 0 Å². The van der Waals surface area contributed by atoms with Gasteiger partial charge < -0.3 is 25.6 Å². The van der Waals surface area contributed by atoms with Gasteiger partial charge in [0.1, 0.15) is 5.75 Å². The van der Waals surface area contributed by atoms with Crippen LogP contribution in [0.4, 0.5) is 21.9 Å². The number of hydrogen-bond acceptors (Lipinski definition) is 4. The van der Waals surface area contributed by atoms with Crippen molar-refractivity contribution in [3.63, 3.8) is 0 Å². The van der Waals surface area contributed by atoms with Crippen LogP contribution in [0.2, 0.25) is 0 Å². The topological polar surface area (TPSA) is 82.7 Å². The molecule has 1 aliphatic rings. The smallest absolute Gasteiger partial charge is 0.323 e. The first-order valence-electron chi connectivity index (χ1n) is 11.5. The molecule has 0 aromatic heterocycles. The summed E-state index contributed by atoms with van der Waals surface area (Å²) < 4.78 is 5.25. The van der Waals surface area contributed by atoms with E-state index in [0.717, 1.165) is 48.5 Å². The molecule has 34 heavy (non-hydrogen) atoms. The summed E-state index contributed by atoms with van der Waals surface area (Å²) in [5.74, 6) is 0.533. The van der Waals surface area contributed by atoms with Gasteiger partial charge in [0, 0.05) is 30.9 Å². The lowest BCUT2D eigenvalue weighted by atomic mass is 10.1. The third kappa shape index (κ3) is 5.86. The first-order valence-corrected chi connectivity index (χ1v) is 11.5. The lowest BCUT2D eigenvalue weighted by Gasteiger charge is -2.22. The molecule has 1 aliphatic heterocycles. The zero-order valence-corrected chi connectivity index (χ0v) is 19.6. The summed E-state index contributed by atoms with van der Waals surface area (Å²) in [6.45, 7) is 4.23. The van der Waals surface area contributed by atoms with E-state index in [-0.39, 0.29) is 11.9 Å². The number of hydrogen-bond donors (Lipinski definition) is 3. The molecule has 0 aliphatic carbocycles. The van der Waals surface area contributed by atoms with Crippen molar-refractivity contribution < 1.29 is 14.3 Å². The fourth-order valence-electron chi connectivity index (χ4n) is 4.00. The molecule has 1 heterocycles. The molecular weight excluding hydrogens is 428 g/mol. The molecule has 0 radical (unpaired) electrons. The number of amides is 3. The van der Waals surface area contributed by atoms with Crippen molar-refractivity contribution in [1.29, 1.82) is 0 Å². The van der Waals surface area contributed by atoms with Gasteiger partial charge in [0.25, 0.3) is 5.91 Å². The Labute approximate surface area is 200 Å². The monoisotopic (exact) mass is 458 g/mol. The molecule has 4 rings (SSSR count). The Kier molecular flexibility index (Phi) is 7.32. The number of carbonyl (C=O) groups is 2. The van der Waals surface area contributed by atoms with Crippen molar-refractivity contribution in [2.75, 3.05) is 35.7 Å². The molecule has 0 unspecified atom stereocenters. The van der Waals surface area contributed by atoms with E-state index in [0.29, 0.717) is 23.5 Å². The van der Waals surface area contributed by atoms with E-state index in [1.807, 2.05) is 61.5 Å². The van der Waals surface area contributed by atoms with Gasteiger partial charge in [0.15, 0.2) is 0 Å². The molecule has 0 saturated carbocycles. The molecule has 3 N–H and O–H groups in total. The lowest BCUT2D eigenvalue weighted by molar-refractivity contribution is 0.0951. The summed E-state index contributed by atoms with van der Waals surface area (Å²) in [6, 6.07) is 20.3. The van der Waals surface area contributed by atoms with Gasteiger partial charge in [-0.3, -0.25) is 4.79 Å². The summed E-state index contributed by atoms with van der Waals surface area (Å²) in [4.78, 5) is 27.9. The number of nitrogens with one attached hydrogen (secondary N) is 3. The SMILES string of the molecule is COc1cccc(CNC(=O)c2ccc(N3CCCC3)c(NC(=O)Nc3ccc(C)cc3)c2)c1. The van der Waals surface area contributed by atoms with Gasteiger partial charge in [-0.1, -0.05) is 29.8 Å². The number of carbonyl (C=O) groups excluding carboxylic acids is 2. The molecule has 0 bridgehead atoms. The lowest BCUT2D eigenvalue weighted by Crippen LogP contribution is -2.26. The Balaban J connectivity index is 1.49. The number of methoxy groups -OCH3 is 1. The molecule has 7 heteroatoms. The van der Waals surface area contributed by atoms with E-state index in [9.17, 15) is 9.59 Å². The third-order valence-electron chi connectivity index (χ3n) is 5.85. The van der Waals surface area contributed by atoms with Crippen molar-refractivity contribution in [3.05, 3.63) is 83.4 Å². The molecule has 7 nitrogen and oxygen atoms in total. The van der Waals surface area contributed by atoms with E-state index < -0.39 is 0 Å². The van der Waals surface area contributed by atoms with Gasteiger partial charge >= 0.3 is 6.03 Å². The van der Waals surface area contributed by atoms with Crippen LogP contribution >= 0.6 is 0 Å². The maximum absolute atomic E-state index is 12.9. The molecule has 176 valence electrons. The van der Waals surface area contributed by atoms with E-state index in [1.54, 1.807) is 19.2 Å². The van der Waals surface area contributed by atoms with Crippen LogP contribution in [0.5, 0.6) is 5.75 Å². The maximum atomic E-state index is 12.9. The van der Waals surface area contributed by atoms with Crippen LogP contribution in [0.25, 0.3) is 0 Å². The van der Waals surface area contributed by atoms with Crippen LogP contribution in [0.15, 0.2) is 66.7 Å². The van der Waals surface area contributed by atoms with Crippen molar-refractivity contribution in [3.8, 4) is 5.75 Å². The van der Waals surface area contributed by atoms with E-state index in [4.69, 9.17) is 4.74 Å². The second-order valence-corrected chi connectivity index (χ2v) is 8.41. The maximum Gasteiger partial charge on any atom is 0.323 e. The van der Waals surface area contributed by atoms with Crippen LogP contribution in [0.3, 0.4) is 0 Å². The zero-order chi connectivity index (χ0) is 23.9. The number of ether oxygens (including phenoxy) is 1. The highest BCUT2D eigenvalue weighted by atomic mass is 16.5. The van der Waals surface area contributed by atoms with Gasteiger partial charge in [0.05, 0.1) is 18.5 Å². The number of rotatable bonds is 7. The zero-order valence-electron chi connectivity index (χ0n) is 19.6. The van der Waals surface area contributed by atoms with Crippen LogP contribution in [-0.4, -0.2) is 32.1 Å². The Morgan fingerprint density at radius 1 is 0.941 bits per heavy atom. The minimum atomic E-state index is -0.349. The summed E-state index contributed by atoms with van der Waals surface area (Å²) >= 11 is 0. The summed E-state index contributed by atoms with van der Waals surface area (Å²) in [5.41, 5.74) is 4.78. The van der Waals surface area contributed by atoms with Gasteiger partial charge in [-0.15, -0.1) is 0 Å². The largest absolute Gasteiger partial charge is 0.497 e. The standard InChI is InChI=1S/C27H30N4O3/c1-19-8-11-22(12-9-19)29-27(33)30-24-17-21(10-13-25(24)31-14-3-4-15-31)26(32)28-18-20-6-5-7-23(16-20)34-2/h5-13,16-17H,3-4,14-15,18H2,1-2H3,(H,28,32)(H2,29,30,33). The van der Waals surface area contributed by atoms with E-state index >= 15 is 0 Å². The van der Waals surface area contributed by atoms with Crippen molar-refractivity contribution in [1.82, 2.24) is 5.32 Å². The molecule has 0 atom stereocenters. The normalized spacial score (nSPS) is 12.8. The van der Waals surface area contributed by atoms with Gasteiger partial charge in [-0.25, -0.2) is 4.79 Å². The molecule has 0 spiro atoms. The fraction of sp³-hybridized carbons (Fsp3) is 0.259. The predicted molar refractivity (Wildman–Crippen MR) is 136 cm³/mol. The van der Waals surface area contributed by atoms with Crippen LogP contribution in [0, 0.1) is 6.92 Å². The highest BCUT2D eigenvalue weighted by Gasteiger charge is 2.19. The van der Waals surface area contributed by atoms with E-state index in [2.05, 4.69) is 20.9 Å². The summed E-state index contributed by atoms with van der Waals surface area (Å²) in [6.07, 6.45) is 2.22. The average Bonchev–Trinajstić information content (AvgIpc) is 3.39. The summed E-state index contributed by atoms with van der Waals surface area (Å²) in [5, 5.41) is 8.75. The molecule has 3 aromatic rings. The van der Waals surface area contributed by atoms with Crippen LogP contribution in [-0.2, 0) is 6.54 Å². The Morgan fingerprint density at radius 3 is 2.44 bits per heavy atom. The molecule has 1 saturated heterocycles. The Morgan fingerprint density at radius 2 is 1.71 bits per heavy atom. The second-order valence-electron chi connectivity index (χ2n) is 8.41. The number of urea groups is 1. The Hall–Kier alpha value is -4.00. The predicted octanol–water partition coefficient (Wildman–Crippen LogP) is 5.18. The number of anilines is 3. The van der Waals surface area contributed by atoms with Gasteiger partial charge in [-0.05, 0) is 67.8 Å². The van der Waals surface area contributed by atoms with Crippen molar-refractivity contribution in [2.24, 2.45) is 0 Å². The van der Waals surface area contributed by atoms with E-state index in [1.165, 1.54) is 0 Å². The van der Waals surface area contributed by atoms with Gasteiger partial charge in [0.2, 0.25) is 0 Å². The molecule has 3 amide bonds. The molecular formula is C27H30N4O3. The minimum Gasteiger partial charge on any atom is -0.497 e. The van der Waals surface area contributed by atoms with Crippen LogP contribution < -0.4 is 25.6 Å². The third-order valence-corrected chi connectivity index (χ3v) is 5.85. The van der Waals surface area contributed by atoms with Crippen molar-refractivity contribution in [2.45, 2.75) is 26.3 Å². The second kappa shape index (κ2) is 10.7. The summed E-state index contributed by atoms with van der Waals surface area (Å²) in [7, 11) is 1.61. The average molecular weight is 459 g/mol. The highest BCUT2D eigenvalue weighted by molar-refractivity contribution is 6.04. The number of benzene rings is 3. The molecule has 1 fully saturated rings. The van der Waals surface area contributed by atoms with Crippen LogP contribution in [0.1, 0.15) is 34.3 Å². The fourth-order valence-corrected chi connectivity index (χ4v) is 4.00. The first kappa shape index (κ1) is 23.2. The number of nitrogens with zero attached hydrogens (tertiary/aromatic N) is 1. The molecule has 3 aromatic carbocycles. The first-order chi connectivity index (χ1) is 16.5. The minimum absolute atomic E-state index is 0.210.